The maximum absolute atomic E-state index is 13.4. The molecule has 2 aromatic rings. The number of ether oxygens (including phenoxy) is 1. The Hall–Kier alpha value is -2.40. The minimum absolute atomic E-state index is 0.0753. The average molecular weight is 380 g/mol. The van der Waals surface area contributed by atoms with E-state index in [-0.39, 0.29) is 11.9 Å². The lowest BCUT2D eigenvalue weighted by Gasteiger charge is -2.31. The molecular formula is C23H29N3O2. The van der Waals surface area contributed by atoms with Crippen molar-refractivity contribution in [1.82, 2.24) is 15.2 Å². The summed E-state index contributed by atoms with van der Waals surface area (Å²) >= 11 is 0. The molecule has 1 aromatic heterocycles. The summed E-state index contributed by atoms with van der Waals surface area (Å²) in [6.45, 7) is 3.30. The van der Waals surface area contributed by atoms with Crippen molar-refractivity contribution in [1.29, 1.82) is 0 Å². The molecule has 4 rings (SSSR count). The summed E-state index contributed by atoms with van der Waals surface area (Å²) in [5.74, 6) is 1.64. The number of carbonyl (C=O) groups excluding carboxylic acids is 1. The lowest BCUT2D eigenvalue weighted by molar-refractivity contribution is 0.0642. The van der Waals surface area contributed by atoms with Gasteiger partial charge in [-0.05, 0) is 87.5 Å². The van der Waals surface area contributed by atoms with E-state index >= 15 is 0 Å². The number of benzene rings is 1. The summed E-state index contributed by atoms with van der Waals surface area (Å²) in [7, 11) is 0. The lowest BCUT2D eigenvalue weighted by Crippen LogP contribution is -2.40. The summed E-state index contributed by atoms with van der Waals surface area (Å²) in [6.07, 6.45) is 7.42. The smallest absolute Gasteiger partial charge is 0.254 e. The molecular weight excluding hydrogens is 350 g/mol. The third kappa shape index (κ3) is 5.10. The summed E-state index contributed by atoms with van der Waals surface area (Å²) in [5, 5.41) is 3.44. The quantitative estimate of drug-likeness (QED) is 0.798. The Morgan fingerprint density at radius 2 is 1.93 bits per heavy atom. The van der Waals surface area contributed by atoms with Gasteiger partial charge in [0.05, 0.1) is 18.8 Å². The van der Waals surface area contributed by atoms with Gasteiger partial charge < -0.3 is 15.0 Å². The first-order chi connectivity index (χ1) is 13.8. The predicted molar refractivity (Wildman–Crippen MR) is 109 cm³/mol. The Kier molecular flexibility index (Phi) is 6.22. The van der Waals surface area contributed by atoms with E-state index in [0.717, 1.165) is 56.3 Å². The first-order valence-electron chi connectivity index (χ1n) is 10.4. The number of aromatic nitrogens is 1. The van der Waals surface area contributed by atoms with Crippen molar-refractivity contribution in [3.05, 3.63) is 59.9 Å². The number of carbonyl (C=O) groups is 1. The van der Waals surface area contributed by atoms with Gasteiger partial charge in [0.15, 0.2) is 0 Å². The average Bonchev–Trinajstić information content (AvgIpc) is 3.58. The van der Waals surface area contributed by atoms with Gasteiger partial charge >= 0.3 is 0 Å². The summed E-state index contributed by atoms with van der Waals surface area (Å²) in [4.78, 5) is 19.8. The minimum Gasteiger partial charge on any atom is -0.493 e. The molecule has 2 heterocycles. The van der Waals surface area contributed by atoms with Gasteiger partial charge in [-0.1, -0.05) is 6.07 Å². The number of hydrogen-bond acceptors (Lipinski definition) is 4. The van der Waals surface area contributed by atoms with E-state index in [1.165, 1.54) is 12.8 Å². The van der Waals surface area contributed by atoms with Crippen molar-refractivity contribution in [2.45, 2.75) is 44.7 Å². The van der Waals surface area contributed by atoms with E-state index in [0.29, 0.717) is 12.1 Å². The monoisotopic (exact) mass is 379 g/mol. The number of nitrogens with one attached hydrogen (secondary N) is 1. The van der Waals surface area contributed by atoms with Gasteiger partial charge in [-0.25, -0.2) is 0 Å². The fourth-order valence-corrected chi connectivity index (χ4v) is 3.70. The molecule has 5 nitrogen and oxygen atoms in total. The van der Waals surface area contributed by atoms with E-state index in [1.807, 2.05) is 47.4 Å². The molecule has 1 aliphatic carbocycles. The van der Waals surface area contributed by atoms with E-state index in [2.05, 4.69) is 10.3 Å². The van der Waals surface area contributed by atoms with Gasteiger partial charge in [0.1, 0.15) is 5.75 Å². The molecule has 0 radical (unpaired) electrons. The van der Waals surface area contributed by atoms with E-state index in [9.17, 15) is 4.79 Å². The molecule has 0 bridgehead atoms. The Morgan fingerprint density at radius 3 is 2.68 bits per heavy atom. The Morgan fingerprint density at radius 1 is 1.07 bits per heavy atom. The zero-order valence-electron chi connectivity index (χ0n) is 16.3. The van der Waals surface area contributed by atoms with Crippen molar-refractivity contribution in [3.63, 3.8) is 0 Å². The zero-order valence-corrected chi connectivity index (χ0v) is 16.3. The molecule has 148 valence electrons. The summed E-state index contributed by atoms with van der Waals surface area (Å²) < 4.78 is 5.81. The van der Waals surface area contributed by atoms with Gasteiger partial charge in [-0.2, -0.15) is 0 Å². The first-order valence-corrected chi connectivity index (χ1v) is 10.4. The highest BCUT2D eigenvalue weighted by Gasteiger charge is 2.26. The van der Waals surface area contributed by atoms with Crippen LogP contribution in [-0.4, -0.2) is 41.5 Å². The van der Waals surface area contributed by atoms with E-state index in [4.69, 9.17) is 4.74 Å². The molecule has 1 atom stereocenters. The molecule has 1 N–H and O–H groups in total. The molecule has 2 fully saturated rings. The number of hydrogen-bond donors (Lipinski definition) is 1. The van der Waals surface area contributed by atoms with Crippen LogP contribution in [0.25, 0.3) is 0 Å². The van der Waals surface area contributed by atoms with Crippen LogP contribution in [0, 0.1) is 5.92 Å². The SMILES string of the molecule is O=C(c1ccc(OCC2CC2)cc1)N(Cc1ccccn1)C1CCCNCC1. The largest absolute Gasteiger partial charge is 0.493 e. The molecule has 28 heavy (non-hydrogen) atoms. The van der Waals surface area contributed by atoms with Crippen molar-refractivity contribution in [3.8, 4) is 5.75 Å². The fourth-order valence-electron chi connectivity index (χ4n) is 3.70. The Bertz CT molecular complexity index is 751. The lowest BCUT2D eigenvalue weighted by atomic mass is 10.0. The van der Waals surface area contributed by atoms with Gasteiger partial charge in [-0.3, -0.25) is 9.78 Å². The van der Waals surface area contributed by atoms with Crippen LogP contribution in [0.4, 0.5) is 0 Å². The van der Waals surface area contributed by atoms with E-state index < -0.39 is 0 Å². The Balaban J connectivity index is 1.49. The predicted octanol–water partition coefficient (Wildman–Crippen LogP) is 3.65. The number of amides is 1. The zero-order chi connectivity index (χ0) is 19.2. The van der Waals surface area contributed by atoms with Crippen molar-refractivity contribution >= 4 is 5.91 Å². The minimum atomic E-state index is 0.0753. The van der Waals surface area contributed by atoms with Crippen LogP contribution in [-0.2, 0) is 6.54 Å². The maximum atomic E-state index is 13.4. The van der Waals surface area contributed by atoms with Crippen LogP contribution in [0.3, 0.4) is 0 Å². The maximum Gasteiger partial charge on any atom is 0.254 e. The van der Waals surface area contributed by atoms with Crippen LogP contribution >= 0.6 is 0 Å². The van der Waals surface area contributed by atoms with Crippen molar-refractivity contribution in [2.24, 2.45) is 5.92 Å². The molecule has 1 saturated carbocycles. The van der Waals surface area contributed by atoms with E-state index in [1.54, 1.807) is 6.20 Å². The van der Waals surface area contributed by atoms with Crippen LogP contribution in [0.15, 0.2) is 48.7 Å². The first kappa shape index (κ1) is 18.9. The number of rotatable bonds is 7. The molecule has 1 amide bonds. The third-order valence-corrected chi connectivity index (χ3v) is 5.59. The van der Waals surface area contributed by atoms with Gasteiger partial charge in [-0.15, -0.1) is 0 Å². The molecule has 1 aromatic carbocycles. The van der Waals surface area contributed by atoms with Crippen LogP contribution in [0.5, 0.6) is 5.75 Å². The molecule has 5 heteroatoms. The second kappa shape index (κ2) is 9.20. The number of nitrogens with zero attached hydrogens (tertiary/aromatic N) is 2. The highest BCUT2D eigenvalue weighted by molar-refractivity contribution is 5.94. The van der Waals surface area contributed by atoms with Gasteiger partial charge in [0.2, 0.25) is 0 Å². The summed E-state index contributed by atoms with van der Waals surface area (Å²) in [5.41, 5.74) is 1.64. The van der Waals surface area contributed by atoms with Crippen LogP contribution in [0.1, 0.15) is 48.2 Å². The van der Waals surface area contributed by atoms with Crippen LogP contribution < -0.4 is 10.1 Å². The molecule has 1 aliphatic heterocycles. The highest BCUT2D eigenvalue weighted by atomic mass is 16.5. The second-order valence-corrected chi connectivity index (χ2v) is 7.87. The van der Waals surface area contributed by atoms with Crippen molar-refractivity contribution in [2.75, 3.05) is 19.7 Å². The van der Waals surface area contributed by atoms with Crippen molar-refractivity contribution < 1.29 is 9.53 Å². The van der Waals surface area contributed by atoms with Gasteiger partial charge in [0, 0.05) is 17.8 Å². The molecule has 1 saturated heterocycles. The number of pyridine rings is 1. The Labute approximate surface area is 167 Å². The topological polar surface area (TPSA) is 54.5 Å². The molecule has 1 unspecified atom stereocenters. The van der Waals surface area contributed by atoms with Gasteiger partial charge in [0.25, 0.3) is 5.91 Å². The highest BCUT2D eigenvalue weighted by Crippen LogP contribution is 2.29. The summed E-state index contributed by atoms with van der Waals surface area (Å²) in [6, 6.07) is 13.7. The normalized spacial score (nSPS) is 19.6. The standard InChI is InChI=1S/C23H29N3O2/c27-23(19-8-10-22(11-9-19)28-17-18-6-7-18)26(16-20-4-1-2-14-25-20)21-5-3-13-24-15-12-21/h1-2,4,8-11,14,18,21,24H,3,5-7,12-13,15-17H2. The second-order valence-electron chi connectivity index (χ2n) is 7.87. The van der Waals surface area contributed by atoms with Crippen LogP contribution in [0.2, 0.25) is 0 Å². The molecule has 0 spiro atoms. The third-order valence-electron chi connectivity index (χ3n) is 5.59. The fraction of sp³-hybridized carbons (Fsp3) is 0.478. The molecule has 2 aliphatic rings.